The third-order valence-electron chi connectivity index (χ3n) is 5.40. The highest BCUT2D eigenvalue weighted by Crippen LogP contribution is 2.46. The number of hydrogen-bond donors (Lipinski definition) is 2. The summed E-state index contributed by atoms with van der Waals surface area (Å²) in [5.41, 5.74) is 4.61. The molecule has 1 aliphatic heterocycles. The van der Waals surface area contributed by atoms with Crippen LogP contribution in [0.4, 0.5) is 0 Å². The molecular formula is C17H20N2O3. The molecule has 0 unspecified atom stereocenters. The lowest BCUT2D eigenvalue weighted by molar-refractivity contribution is -0.128. The second-order valence-corrected chi connectivity index (χ2v) is 7.03. The van der Waals surface area contributed by atoms with Crippen LogP contribution in [-0.2, 0) is 17.6 Å². The van der Waals surface area contributed by atoms with Gasteiger partial charge in [-0.3, -0.25) is 14.8 Å². The van der Waals surface area contributed by atoms with Crippen molar-refractivity contribution in [2.24, 2.45) is 5.41 Å². The summed E-state index contributed by atoms with van der Waals surface area (Å²) in [5, 5.41) is 8.78. The van der Waals surface area contributed by atoms with Gasteiger partial charge in [0.15, 0.2) is 0 Å². The molecule has 1 saturated carbocycles. The molecule has 3 aliphatic rings. The van der Waals surface area contributed by atoms with Crippen LogP contribution in [0.5, 0.6) is 0 Å². The first-order valence-corrected chi connectivity index (χ1v) is 7.96. The number of benzene rings is 1. The molecule has 1 heterocycles. The van der Waals surface area contributed by atoms with E-state index in [0.717, 1.165) is 44.2 Å². The number of carbonyl (C=O) groups excluding carboxylic acids is 2. The lowest BCUT2D eigenvalue weighted by atomic mass is 9.70. The summed E-state index contributed by atoms with van der Waals surface area (Å²) >= 11 is 0. The van der Waals surface area contributed by atoms with Gasteiger partial charge in [0.1, 0.15) is 0 Å². The highest BCUT2D eigenvalue weighted by Gasteiger charge is 2.48. The summed E-state index contributed by atoms with van der Waals surface area (Å²) in [4.78, 5) is 26.0. The first-order valence-electron chi connectivity index (χ1n) is 7.96. The second-order valence-electron chi connectivity index (χ2n) is 7.03. The molecule has 0 bridgehead atoms. The van der Waals surface area contributed by atoms with Crippen LogP contribution < -0.4 is 5.48 Å². The minimum absolute atomic E-state index is 0.0426. The van der Waals surface area contributed by atoms with Crippen molar-refractivity contribution < 1.29 is 14.8 Å². The number of carbonyl (C=O) groups is 2. The van der Waals surface area contributed by atoms with E-state index in [1.807, 2.05) is 12.1 Å². The van der Waals surface area contributed by atoms with E-state index in [4.69, 9.17) is 5.21 Å². The zero-order valence-electron chi connectivity index (χ0n) is 12.5. The molecule has 0 radical (unpaired) electrons. The second kappa shape index (κ2) is 4.81. The zero-order chi connectivity index (χ0) is 15.3. The Morgan fingerprint density at radius 3 is 2.82 bits per heavy atom. The van der Waals surface area contributed by atoms with Crippen LogP contribution in [0, 0.1) is 5.41 Å². The molecule has 2 aliphatic carbocycles. The topological polar surface area (TPSA) is 69.6 Å². The minimum Gasteiger partial charge on any atom is -0.339 e. The molecule has 4 rings (SSSR count). The van der Waals surface area contributed by atoms with Gasteiger partial charge in [0.2, 0.25) is 5.91 Å². The molecular weight excluding hydrogens is 280 g/mol. The van der Waals surface area contributed by atoms with Gasteiger partial charge in [0.25, 0.3) is 5.91 Å². The van der Waals surface area contributed by atoms with Gasteiger partial charge in [0, 0.05) is 30.0 Å². The summed E-state index contributed by atoms with van der Waals surface area (Å²) in [5.74, 6) is -0.181. The van der Waals surface area contributed by atoms with Gasteiger partial charge >= 0.3 is 0 Å². The minimum atomic E-state index is -0.482. The molecule has 22 heavy (non-hydrogen) atoms. The highest BCUT2D eigenvalue weighted by atomic mass is 16.5. The molecule has 2 N–H and O–H groups in total. The number of hydrogen-bond acceptors (Lipinski definition) is 3. The molecule has 5 nitrogen and oxygen atoms in total. The largest absolute Gasteiger partial charge is 0.339 e. The Hall–Kier alpha value is -1.88. The molecule has 2 amide bonds. The molecule has 1 atom stereocenters. The van der Waals surface area contributed by atoms with Crippen molar-refractivity contribution in [1.29, 1.82) is 0 Å². The van der Waals surface area contributed by atoms with Gasteiger partial charge in [-0.1, -0.05) is 6.07 Å². The summed E-state index contributed by atoms with van der Waals surface area (Å²) in [6.07, 6.45) is 5.80. The number of aryl methyl sites for hydroxylation is 1. The Morgan fingerprint density at radius 2 is 2.09 bits per heavy atom. The average Bonchev–Trinajstić information content (AvgIpc) is 3.31. The molecule has 1 aromatic carbocycles. The fourth-order valence-electron chi connectivity index (χ4n) is 4.06. The van der Waals surface area contributed by atoms with E-state index >= 15 is 0 Å². The molecule has 1 aromatic rings. The Balaban J connectivity index is 1.60. The van der Waals surface area contributed by atoms with Crippen LogP contribution in [-0.4, -0.2) is 34.5 Å². The number of amides is 2. The summed E-state index contributed by atoms with van der Waals surface area (Å²) in [6, 6.07) is 6.08. The molecule has 1 spiro atoms. The van der Waals surface area contributed by atoms with Crippen LogP contribution in [0.3, 0.4) is 0 Å². The van der Waals surface area contributed by atoms with Crippen molar-refractivity contribution in [2.45, 2.75) is 44.6 Å². The van der Waals surface area contributed by atoms with E-state index in [-0.39, 0.29) is 5.41 Å². The van der Waals surface area contributed by atoms with Gasteiger partial charge in [-0.2, -0.15) is 0 Å². The van der Waals surface area contributed by atoms with Crippen molar-refractivity contribution in [2.75, 3.05) is 6.54 Å². The molecule has 116 valence electrons. The van der Waals surface area contributed by atoms with Gasteiger partial charge in [0.05, 0.1) is 0 Å². The van der Waals surface area contributed by atoms with Crippen LogP contribution in [0.2, 0.25) is 0 Å². The fraction of sp³-hybridized carbons (Fsp3) is 0.529. The third kappa shape index (κ3) is 2.20. The van der Waals surface area contributed by atoms with Crippen LogP contribution in [0.1, 0.15) is 47.2 Å². The number of likely N-dealkylation sites (tertiary alicyclic amines) is 1. The zero-order valence-corrected chi connectivity index (χ0v) is 12.5. The van der Waals surface area contributed by atoms with E-state index in [2.05, 4.69) is 4.90 Å². The van der Waals surface area contributed by atoms with E-state index in [1.54, 1.807) is 11.5 Å². The normalized spacial score (nSPS) is 27.1. The number of hydroxylamine groups is 1. The highest BCUT2D eigenvalue weighted by molar-refractivity contribution is 5.93. The Kier molecular flexibility index (Phi) is 3.01. The van der Waals surface area contributed by atoms with Crippen LogP contribution >= 0.6 is 0 Å². The molecule has 0 aromatic heterocycles. The average molecular weight is 300 g/mol. The predicted molar refractivity (Wildman–Crippen MR) is 79.5 cm³/mol. The van der Waals surface area contributed by atoms with Crippen molar-refractivity contribution in [3.63, 3.8) is 0 Å². The summed E-state index contributed by atoms with van der Waals surface area (Å²) < 4.78 is 0. The van der Waals surface area contributed by atoms with Gasteiger partial charge in [-0.25, -0.2) is 5.48 Å². The Morgan fingerprint density at radius 1 is 1.27 bits per heavy atom. The van der Waals surface area contributed by atoms with Crippen molar-refractivity contribution in [3.05, 3.63) is 34.9 Å². The van der Waals surface area contributed by atoms with E-state index in [1.165, 1.54) is 5.56 Å². The fourth-order valence-corrected chi connectivity index (χ4v) is 4.06. The quantitative estimate of drug-likeness (QED) is 0.645. The van der Waals surface area contributed by atoms with Crippen LogP contribution in [0.15, 0.2) is 18.2 Å². The maximum atomic E-state index is 12.3. The SMILES string of the molecule is O=C(NO)c1ccc2c(c1)C[C@@]1(CC2)CC(=O)N(C2CC2)C1. The molecule has 5 heteroatoms. The van der Waals surface area contributed by atoms with Crippen molar-refractivity contribution in [3.8, 4) is 0 Å². The summed E-state index contributed by atoms with van der Waals surface area (Å²) in [6.45, 7) is 0.867. The number of nitrogens with zero attached hydrogens (tertiary/aromatic N) is 1. The first kappa shape index (κ1) is 13.8. The first-order chi connectivity index (χ1) is 10.6. The Labute approximate surface area is 129 Å². The lowest BCUT2D eigenvalue weighted by Gasteiger charge is -2.34. The van der Waals surface area contributed by atoms with Crippen LogP contribution in [0.25, 0.3) is 0 Å². The standard InChI is InChI=1S/C17H20N2O3/c20-15-9-17(10-19(15)14-3-4-14)6-5-11-1-2-12(16(21)18-22)7-13(11)8-17/h1-2,7,14,22H,3-6,8-10H2,(H,18,21)/t17-/m0/s1. The monoisotopic (exact) mass is 300 g/mol. The van der Waals surface area contributed by atoms with E-state index in [0.29, 0.717) is 23.9 Å². The van der Waals surface area contributed by atoms with Gasteiger partial charge in [-0.05, 0) is 55.4 Å². The third-order valence-corrected chi connectivity index (χ3v) is 5.40. The summed E-state index contributed by atoms with van der Waals surface area (Å²) in [7, 11) is 0. The molecule has 1 saturated heterocycles. The Bertz CT molecular complexity index is 653. The van der Waals surface area contributed by atoms with Gasteiger partial charge in [-0.15, -0.1) is 0 Å². The maximum Gasteiger partial charge on any atom is 0.274 e. The van der Waals surface area contributed by atoms with Crippen molar-refractivity contribution in [1.82, 2.24) is 10.4 Å². The van der Waals surface area contributed by atoms with E-state index < -0.39 is 5.91 Å². The maximum absolute atomic E-state index is 12.3. The van der Waals surface area contributed by atoms with Crippen molar-refractivity contribution >= 4 is 11.8 Å². The van der Waals surface area contributed by atoms with E-state index in [9.17, 15) is 9.59 Å². The predicted octanol–water partition coefficient (Wildman–Crippen LogP) is 1.68. The number of nitrogens with one attached hydrogen (secondary N) is 1. The van der Waals surface area contributed by atoms with Gasteiger partial charge < -0.3 is 4.90 Å². The molecule has 2 fully saturated rings. The smallest absolute Gasteiger partial charge is 0.274 e. The number of rotatable bonds is 2. The lowest BCUT2D eigenvalue weighted by Crippen LogP contribution is -2.34. The number of fused-ring (bicyclic) bond motifs is 1.